The number of benzene rings is 1. The van der Waals surface area contributed by atoms with E-state index in [9.17, 15) is 18.0 Å². The maximum absolute atomic E-state index is 13.4. The summed E-state index contributed by atoms with van der Waals surface area (Å²) >= 11 is 1.06. The summed E-state index contributed by atoms with van der Waals surface area (Å²) in [7, 11) is -2.77. The molecular weight excluding hydrogens is 448 g/mol. The molecule has 0 radical (unpaired) electrons. The summed E-state index contributed by atoms with van der Waals surface area (Å²) in [4.78, 5) is 28.1. The third-order valence-corrected chi connectivity index (χ3v) is 9.62. The van der Waals surface area contributed by atoms with Gasteiger partial charge in [0, 0.05) is 17.3 Å². The Kier molecular flexibility index (Phi) is 6.31. The lowest BCUT2D eigenvalue weighted by Crippen LogP contribution is -2.39. The van der Waals surface area contributed by atoms with Crippen molar-refractivity contribution in [3.8, 4) is 0 Å². The number of thiophene rings is 1. The van der Waals surface area contributed by atoms with E-state index in [-0.39, 0.29) is 21.6 Å². The summed E-state index contributed by atoms with van der Waals surface area (Å²) in [6, 6.07) is 5.40. The number of aryl methyl sites for hydroxylation is 1. The van der Waals surface area contributed by atoms with Crippen LogP contribution in [0.3, 0.4) is 0 Å². The van der Waals surface area contributed by atoms with Crippen molar-refractivity contribution in [2.45, 2.75) is 56.7 Å². The minimum absolute atomic E-state index is 0.0505. The fraction of sp³-hybridized carbons (Fsp3) is 0.478. The van der Waals surface area contributed by atoms with E-state index in [1.165, 1.54) is 7.11 Å². The standard InChI is InChI=1S/C23H28N2O5S2/c1-14-7-6-10-18(15(14)2)24-32(28,29)23-20(22(27)30-3)17-11-12-25(13-19(17)31-23)21(26)16-8-4-5-9-16/h6-7,10,16,24H,4-5,8-9,11-13H2,1-3H3. The number of anilines is 1. The second-order valence-electron chi connectivity index (χ2n) is 8.50. The van der Waals surface area contributed by atoms with Crippen molar-refractivity contribution < 1.29 is 22.7 Å². The van der Waals surface area contributed by atoms with Crippen molar-refractivity contribution in [3.05, 3.63) is 45.3 Å². The van der Waals surface area contributed by atoms with Crippen LogP contribution in [-0.4, -0.2) is 38.8 Å². The van der Waals surface area contributed by atoms with Gasteiger partial charge in [0.05, 0.1) is 24.9 Å². The third-order valence-electron chi connectivity index (χ3n) is 6.52. The van der Waals surface area contributed by atoms with Crippen molar-refractivity contribution in [3.63, 3.8) is 0 Å². The molecule has 2 aromatic rings. The molecule has 0 saturated heterocycles. The molecule has 1 aromatic carbocycles. The summed E-state index contributed by atoms with van der Waals surface area (Å²) in [6.07, 6.45) is 4.42. The van der Waals surface area contributed by atoms with Gasteiger partial charge in [-0.1, -0.05) is 25.0 Å². The molecule has 1 aliphatic heterocycles. The van der Waals surface area contributed by atoms with Gasteiger partial charge in [0.2, 0.25) is 5.91 Å². The van der Waals surface area contributed by atoms with Crippen LogP contribution in [0.1, 0.15) is 57.6 Å². The highest BCUT2D eigenvalue weighted by molar-refractivity contribution is 7.94. The maximum Gasteiger partial charge on any atom is 0.340 e. The first-order valence-corrected chi connectivity index (χ1v) is 13.1. The first kappa shape index (κ1) is 22.8. The average Bonchev–Trinajstić information content (AvgIpc) is 3.43. The number of ether oxygens (including phenoxy) is 1. The van der Waals surface area contributed by atoms with Gasteiger partial charge in [0.25, 0.3) is 10.0 Å². The first-order valence-electron chi connectivity index (χ1n) is 10.8. The summed E-state index contributed by atoms with van der Waals surface area (Å²) in [6.45, 7) is 4.57. The number of nitrogens with one attached hydrogen (secondary N) is 1. The van der Waals surface area contributed by atoms with Gasteiger partial charge in [-0.3, -0.25) is 9.52 Å². The molecule has 1 amide bonds. The van der Waals surface area contributed by atoms with Crippen molar-refractivity contribution in [1.82, 2.24) is 4.90 Å². The van der Waals surface area contributed by atoms with Crippen LogP contribution in [0.4, 0.5) is 5.69 Å². The molecule has 1 N–H and O–H groups in total. The van der Waals surface area contributed by atoms with Crippen molar-refractivity contribution in [2.75, 3.05) is 18.4 Å². The number of nitrogens with zero attached hydrogens (tertiary/aromatic N) is 1. The molecule has 0 spiro atoms. The Morgan fingerprint density at radius 3 is 2.59 bits per heavy atom. The second-order valence-corrected chi connectivity index (χ2v) is 11.5. The zero-order chi connectivity index (χ0) is 23.0. The second kappa shape index (κ2) is 8.86. The SMILES string of the molecule is COC(=O)c1c(S(=O)(=O)Nc2cccc(C)c2C)sc2c1CCN(C(=O)C1CCCC1)C2. The van der Waals surface area contributed by atoms with Gasteiger partial charge in [0.15, 0.2) is 4.21 Å². The lowest BCUT2D eigenvalue weighted by molar-refractivity contribution is -0.136. The third kappa shape index (κ3) is 4.15. The van der Waals surface area contributed by atoms with Gasteiger partial charge in [-0.25, -0.2) is 13.2 Å². The highest BCUT2D eigenvalue weighted by Crippen LogP contribution is 2.39. The molecule has 0 bridgehead atoms. The van der Waals surface area contributed by atoms with E-state index in [1.807, 2.05) is 24.8 Å². The van der Waals surface area contributed by atoms with Crippen LogP contribution in [0.25, 0.3) is 0 Å². The Morgan fingerprint density at radius 2 is 1.91 bits per heavy atom. The average molecular weight is 477 g/mol. The van der Waals surface area contributed by atoms with E-state index >= 15 is 0 Å². The Hall–Kier alpha value is -2.39. The number of sulfonamides is 1. The van der Waals surface area contributed by atoms with Crippen LogP contribution in [0.15, 0.2) is 22.4 Å². The van der Waals surface area contributed by atoms with Crippen LogP contribution in [0.5, 0.6) is 0 Å². The van der Waals surface area contributed by atoms with Gasteiger partial charge in [-0.05, 0) is 55.9 Å². The monoisotopic (exact) mass is 476 g/mol. The number of carbonyl (C=O) groups is 2. The molecule has 172 valence electrons. The van der Waals surface area contributed by atoms with E-state index in [4.69, 9.17) is 4.74 Å². The predicted molar refractivity (Wildman–Crippen MR) is 123 cm³/mol. The highest BCUT2D eigenvalue weighted by Gasteiger charge is 2.36. The smallest absolute Gasteiger partial charge is 0.340 e. The molecule has 1 aromatic heterocycles. The number of amides is 1. The number of hydrogen-bond acceptors (Lipinski definition) is 6. The molecule has 2 aliphatic rings. The minimum Gasteiger partial charge on any atom is -0.465 e. The normalized spacial score (nSPS) is 16.7. The number of hydrogen-bond donors (Lipinski definition) is 1. The fourth-order valence-electron chi connectivity index (χ4n) is 4.55. The van der Waals surface area contributed by atoms with E-state index in [0.717, 1.165) is 53.0 Å². The lowest BCUT2D eigenvalue weighted by Gasteiger charge is -2.29. The fourth-order valence-corrected chi connectivity index (χ4v) is 7.57. The Balaban J connectivity index is 1.69. The predicted octanol–water partition coefficient (Wildman–Crippen LogP) is 4.03. The summed E-state index contributed by atoms with van der Waals surface area (Å²) < 4.78 is 34.3. The Bertz CT molecular complexity index is 1160. The maximum atomic E-state index is 13.4. The number of carbonyl (C=O) groups excluding carboxylic acids is 2. The van der Waals surface area contributed by atoms with Crippen LogP contribution in [0, 0.1) is 19.8 Å². The number of rotatable bonds is 5. The Morgan fingerprint density at radius 1 is 1.19 bits per heavy atom. The largest absolute Gasteiger partial charge is 0.465 e. The van der Waals surface area contributed by atoms with Gasteiger partial charge in [0.1, 0.15) is 0 Å². The molecule has 0 unspecified atom stereocenters. The van der Waals surface area contributed by atoms with Gasteiger partial charge in [-0.15, -0.1) is 11.3 Å². The molecule has 32 heavy (non-hydrogen) atoms. The number of esters is 1. The zero-order valence-corrected chi connectivity index (χ0v) is 20.2. The molecule has 1 aliphatic carbocycles. The minimum atomic E-state index is -4.02. The van der Waals surface area contributed by atoms with E-state index in [2.05, 4.69) is 4.72 Å². The lowest BCUT2D eigenvalue weighted by atomic mass is 10.0. The van der Waals surface area contributed by atoms with Crippen LogP contribution in [0.2, 0.25) is 0 Å². The van der Waals surface area contributed by atoms with Crippen molar-refractivity contribution in [1.29, 1.82) is 0 Å². The first-order chi connectivity index (χ1) is 15.2. The van der Waals surface area contributed by atoms with E-state index in [1.54, 1.807) is 12.1 Å². The highest BCUT2D eigenvalue weighted by atomic mass is 32.2. The molecule has 0 atom stereocenters. The van der Waals surface area contributed by atoms with E-state index < -0.39 is 16.0 Å². The van der Waals surface area contributed by atoms with Crippen LogP contribution in [-0.2, 0) is 32.5 Å². The summed E-state index contributed by atoms with van der Waals surface area (Å²) in [5.41, 5.74) is 3.04. The topological polar surface area (TPSA) is 92.8 Å². The van der Waals surface area contributed by atoms with Gasteiger partial charge < -0.3 is 9.64 Å². The van der Waals surface area contributed by atoms with Crippen LogP contribution < -0.4 is 4.72 Å². The molecule has 7 nitrogen and oxygen atoms in total. The summed E-state index contributed by atoms with van der Waals surface area (Å²) in [5.74, 6) is -0.468. The van der Waals surface area contributed by atoms with Crippen molar-refractivity contribution >= 4 is 38.9 Å². The molecule has 4 rings (SSSR count). The van der Waals surface area contributed by atoms with Gasteiger partial charge >= 0.3 is 5.97 Å². The van der Waals surface area contributed by atoms with Crippen molar-refractivity contribution in [2.24, 2.45) is 5.92 Å². The molecule has 1 saturated carbocycles. The summed E-state index contributed by atoms with van der Waals surface area (Å²) in [5, 5.41) is 0. The molecular formula is C23H28N2O5S2. The quantitative estimate of drug-likeness (QED) is 0.658. The Labute approximate surface area is 192 Å². The zero-order valence-electron chi connectivity index (χ0n) is 18.6. The number of methoxy groups -OCH3 is 1. The molecule has 1 fully saturated rings. The van der Waals surface area contributed by atoms with Gasteiger partial charge in [-0.2, -0.15) is 0 Å². The molecule has 2 heterocycles. The number of fused-ring (bicyclic) bond motifs is 1. The molecule has 9 heteroatoms. The van der Waals surface area contributed by atoms with Crippen LogP contribution >= 0.6 is 11.3 Å². The van der Waals surface area contributed by atoms with E-state index in [0.29, 0.717) is 30.8 Å².